The first-order valence-corrected chi connectivity index (χ1v) is 7.77. The van der Waals surface area contributed by atoms with Crippen molar-refractivity contribution in [3.8, 4) is 0 Å². The molecule has 1 aromatic rings. The lowest BCUT2D eigenvalue weighted by Gasteiger charge is -2.34. The molecule has 0 aliphatic heterocycles. The monoisotopic (exact) mass is 310 g/mol. The number of hydrogen-bond acceptors (Lipinski definition) is 2. The van der Waals surface area contributed by atoms with E-state index in [0.717, 1.165) is 17.4 Å². The van der Waals surface area contributed by atoms with Gasteiger partial charge in [-0.1, -0.05) is 26.7 Å². The van der Waals surface area contributed by atoms with Crippen LogP contribution in [-0.4, -0.2) is 17.6 Å². The summed E-state index contributed by atoms with van der Waals surface area (Å²) in [7, 11) is 0. The molecule has 1 aliphatic carbocycles. The Hall–Kier alpha value is -0.410. The van der Waals surface area contributed by atoms with Crippen molar-refractivity contribution in [3.63, 3.8) is 0 Å². The zero-order chi connectivity index (χ0) is 13.0. The lowest BCUT2D eigenvalue weighted by molar-refractivity contribution is 0.221. The van der Waals surface area contributed by atoms with E-state index in [4.69, 9.17) is 0 Å². The van der Waals surface area contributed by atoms with Crippen molar-refractivity contribution in [1.82, 2.24) is 10.3 Å². The van der Waals surface area contributed by atoms with Gasteiger partial charge in [0.15, 0.2) is 0 Å². The molecule has 100 valence electrons. The largest absolute Gasteiger partial charge is 0.313 e. The highest BCUT2D eigenvalue weighted by Gasteiger charge is 2.36. The second-order valence-corrected chi connectivity index (χ2v) is 6.56. The summed E-state index contributed by atoms with van der Waals surface area (Å²) in [5.41, 5.74) is 1.64. The summed E-state index contributed by atoms with van der Waals surface area (Å²) < 4.78 is 1.05. The van der Waals surface area contributed by atoms with Crippen LogP contribution in [0.15, 0.2) is 22.8 Å². The lowest BCUT2D eigenvalue weighted by Crippen LogP contribution is -2.43. The molecule has 2 rings (SSSR count). The van der Waals surface area contributed by atoms with Gasteiger partial charge in [-0.2, -0.15) is 0 Å². The molecule has 0 aromatic carbocycles. The molecule has 1 atom stereocenters. The van der Waals surface area contributed by atoms with Crippen LogP contribution >= 0.6 is 15.9 Å². The Labute approximate surface area is 119 Å². The van der Waals surface area contributed by atoms with Crippen LogP contribution < -0.4 is 5.32 Å². The SMILES string of the molecule is CCNC(Cc1ccc(Br)cn1)C1(C)CCCC1. The third kappa shape index (κ3) is 3.33. The fourth-order valence-electron chi connectivity index (χ4n) is 3.08. The Balaban J connectivity index is 2.08. The van der Waals surface area contributed by atoms with Crippen LogP contribution in [0.5, 0.6) is 0 Å². The van der Waals surface area contributed by atoms with Crippen molar-refractivity contribution in [1.29, 1.82) is 0 Å². The summed E-state index contributed by atoms with van der Waals surface area (Å²) in [5.74, 6) is 0. The van der Waals surface area contributed by atoms with Gasteiger partial charge in [0.1, 0.15) is 0 Å². The molecule has 1 N–H and O–H groups in total. The number of halogens is 1. The minimum Gasteiger partial charge on any atom is -0.313 e. The van der Waals surface area contributed by atoms with Crippen molar-refractivity contribution in [3.05, 3.63) is 28.5 Å². The van der Waals surface area contributed by atoms with E-state index in [0.29, 0.717) is 11.5 Å². The van der Waals surface area contributed by atoms with E-state index in [1.807, 2.05) is 6.20 Å². The van der Waals surface area contributed by atoms with Gasteiger partial charge in [-0.3, -0.25) is 4.98 Å². The van der Waals surface area contributed by atoms with Gasteiger partial charge in [0.05, 0.1) is 0 Å². The fourth-order valence-corrected chi connectivity index (χ4v) is 3.31. The molecule has 1 aromatic heterocycles. The molecular weight excluding hydrogens is 288 g/mol. The first-order chi connectivity index (χ1) is 8.64. The standard InChI is InChI=1S/C15H23BrN2/c1-3-17-14(15(2)8-4-5-9-15)10-13-7-6-12(16)11-18-13/h6-7,11,14,17H,3-5,8-10H2,1-2H3. The molecule has 0 saturated heterocycles. The number of rotatable bonds is 5. The number of hydrogen-bond donors (Lipinski definition) is 1. The highest BCUT2D eigenvalue weighted by molar-refractivity contribution is 9.10. The molecule has 1 aliphatic rings. The molecule has 1 unspecified atom stereocenters. The Morgan fingerprint density at radius 2 is 2.11 bits per heavy atom. The summed E-state index contributed by atoms with van der Waals surface area (Å²) in [6.45, 7) is 5.67. The minimum absolute atomic E-state index is 0.449. The molecule has 0 amide bonds. The van der Waals surface area contributed by atoms with Crippen molar-refractivity contribution in [2.45, 2.75) is 52.0 Å². The average molecular weight is 311 g/mol. The number of nitrogens with zero attached hydrogens (tertiary/aromatic N) is 1. The van der Waals surface area contributed by atoms with E-state index in [9.17, 15) is 0 Å². The number of pyridine rings is 1. The second kappa shape index (κ2) is 6.16. The third-order valence-electron chi connectivity index (χ3n) is 4.24. The molecule has 1 fully saturated rings. The van der Waals surface area contributed by atoms with E-state index in [2.05, 4.69) is 52.2 Å². The first-order valence-electron chi connectivity index (χ1n) is 6.98. The summed E-state index contributed by atoms with van der Waals surface area (Å²) in [6.07, 6.45) is 8.40. The predicted molar refractivity (Wildman–Crippen MR) is 79.7 cm³/mol. The van der Waals surface area contributed by atoms with Crippen LogP contribution in [0.1, 0.15) is 45.2 Å². The molecule has 0 bridgehead atoms. The summed E-state index contributed by atoms with van der Waals surface area (Å²) in [4.78, 5) is 4.52. The van der Waals surface area contributed by atoms with Gasteiger partial charge in [0.25, 0.3) is 0 Å². The van der Waals surface area contributed by atoms with Gasteiger partial charge in [0.2, 0.25) is 0 Å². The van der Waals surface area contributed by atoms with E-state index in [1.54, 1.807) is 0 Å². The highest BCUT2D eigenvalue weighted by Crippen LogP contribution is 2.41. The second-order valence-electron chi connectivity index (χ2n) is 5.64. The topological polar surface area (TPSA) is 24.9 Å². The predicted octanol–water partition coefficient (Wildman–Crippen LogP) is 3.95. The van der Waals surface area contributed by atoms with Crippen LogP contribution in [0.4, 0.5) is 0 Å². The Bertz CT molecular complexity index is 369. The van der Waals surface area contributed by atoms with Crippen LogP contribution in [0.2, 0.25) is 0 Å². The van der Waals surface area contributed by atoms with Gasteiger partial charge >= 0.3 is 0 Å². The van der Waals surface area contributed by atoms with Gasteiger partial charge in [-0.15, -0.1) is 0 Å². The van der Waals surface area contributed by atoms with Crippen molar-refractivity contribution < 1.29 is 0 Å². The van der Waals surface area contributed by atoms with E-state index in [1.165, 1.54) is 31.4 Å². The fraction of sp³-hybridized carbons (Fsp3) is 0.667. The zero-order valence-corrected chi connectivity index (χ0v) is 13.0. The van der Waals surface area contributed by atoms with E-state index < -0.39 is 0 Å². The summed E-state index contributed by atoms with van der Waals surface area (Å²) in [5, 5.41) is 3.68. The van der Waals surface area contributed by atoms with Gasteiger partial charge in [0, 0.05) is 28.8 Å². The number of nitrogens with one attached hydrogen (secondary N) is 1. The van der Waals surface area contributed by atoms with Gasteiger partial charge < -0.3 is 5.32 Å². The van der Waals surface area contributed by atoms with E-state index >= 15 is 0 Å². The van der Waals surface area contributed by atoms with E-state index in [-0.39, 0.29) is 0 Å². The van der Waals surface area contributed by atoms with Crippen molar-refractivity contribution in [2.75, 3.05) is 6.54 Å². The van der Waals surface area contributed by atoms with Gasteiger partial charge in [-0.25, -0.2) is 0 Å². The Morgan fingerprint density at radius 3 is 2.67 bits per heavy atom. The summed E-state index contributed by atoms with van der Waals surface area (Å²) in [6, 6.07) is 4.77. The highest BCUT2D eigenvalue weighted by atomic mass is 79.9. The van der Waals surface area contributed by atoms with Crippen LogP contribution in [0, 0.1) is 5.41 Å². The summed E-state index contributed by atoms with van der Waals surface area (Å²) >= 11 is 3.44. The molecule has 0 spiro atoms. The zero-order valence-electron chi connectivity index (χ0n) is 11.4. The maximum Gasteiger partial charge on any atom is 0.0420 e. The Morgan fingerprint density at radius 1 is 1.39 bits per heavy atom. The van der Waals surface area contributed by atoms with Crippen LogP contribution in [0.25, 0.3) is 0 Å². The maximum absolute atomic E-state index is 4.52. The molecule has 1 saturated carbocycles. The molecule has 1 heterocycles. The minimum atomic E-state index is 0.449. The molecule has 0 radical (unpaired) electrons. The molecule has 2 nitrogen and oxygen atoms in total. The molecular formula is C15H23BrN2. The third-order valence-corrected chi connectivity index (χ3v) is 4.71. The number of likely N-dealkylation sites (N-methyl/N-ethyl adjacent to an activating group) is 1. The normalized spacial score (nSPS) is 19.9. The lowest BCUT2D eigenvalue weighted by atomic mass is 9.78. The number of aromatic nitrogens is 1. The van der Waals surface area contributed by atoms with Gasteiger partial charge in [-0.05, 0) is 52.9 Å². The van der Waals surface area contributed by atoms with Crippen molar-refractivity contribution >= 4 is 15.9 Å². The Kier molecular flexibility index (Phi) is 4.79. The van der Waals surface area contributed by atoms with Crippen LogP contribution in [0.3, 0.4) is 0 Å². The van der Waals surface area contributed by atoms with Crippen molar-refractivity contribution in [2.24, 2.45) is 5.41 Å². The average Bonchev–Trinajstić information content (AvgIpc) is 2.80. The maximum atomic E-state index is 4.52. The smallest absolute Gasteiger partial charge is 0.0420 e. The molecule has 18 heavy (non-hydrogen) atoms. The molecule has 3 heteroatoms. The quantitative estimate of drug-likeness (QED) is 0.891. The first kappa shape index (κ1) is 14.0. The van der Waals surface area contributed by atoms with Crippen LogP contribution in [-0.2, 0) is 6.42 Å².